The molecule has 1 aromatic carbocycles. The van der Waals surface area contributed by atoms with Crippen molar-refractivity contribution in [3.8, 4) is 23.6 Å². The molecule has 0 aromatic heterocycles. The number of carbonyl (C=O) groups is 1. The van der Waals surface area contributed by atoms with E-state index in [4.69, 9.17) is 20.0 Å². The number of hydrogen-bond donors (Lipinski definition) is 2. The highest BCUT2D eigenvalue weighted by Crippen LogP contribution is 2.27. The van der Waals surface area contributed by atoms with Crippen LogP contribution in [-0.4, -0.2) is 33.2 Å². The molecule has 0 aliphatic heterocycles. The number of methoxy groups -OCH3 is 2. The number of rotatable bonds is 9. The Labute approximate surface area is 141 Å². The van der Waals surface area contributed by atoms with Crippen molar-refractivity contribution in [1.82, 2.24) is 10.6 Å². The molecule has 1 amide bonds. The lowest BCUT2D eigenvalue weighted by Crippen LogP contribution is -2.27. The molecule has 2 N–H and O–H groups in total. The van der Waals surface area contributed by atoms with Crippen molar-refractivity contribution in [2.45, 2.75) is 12.8 Å². The van der Waals surface area contributed by atoms with Crippen LogP contribution >= 0.6 is 0 Å². The number of nitrogens with zero attached hydrogens (tertiary/aromatic N) is 2. The van der Waals surface area contributed by atoms with Gasteiger partial charge in [0.25, 0.3) is 5.91 Å². The first-order valence-corrected chi connectivity index (χ1v) is 7.36. The first kappa shape index (κ1) is 18.9. The van der Waals surface area contributed by atoms with Crippen LogP contribution in [-0.2, 0) is 11.2 Å². The van der Waals surface area contributed by atoms with Crippen molar-refractivity contribution < 1.29 is 14.3 Å². The molecule has 0 aliphatic carbocycles. The van der Waals surface area contributed by atoms with E-state index in [1.807, 2.05) is 24.3 Å². The minimum Gasteiger partial charge on any atom is -0.493 e. The summed E-state index contributed by atoms with van der Waals surface area (Å²) in [6.07, 6.45) is 2.21. The smallest absolute Gasteiger partial charge is 0.263 e. The Balaban J connectivity index is 2.53. The zero-order valence-corrected chi connectivity index (χ0v) is 13.8. The summed E-state index contributed by atoms with van der Waals surface area (Å²) in [6.45, 7) is 0.770. The van der Waals surface area contributed by atoms with Crippen molar-refractivity contribution in [3.63, 3.8) is 0 Å². The van der Waals surface area contributed by atoms with Gasteiger partial charge in [0.1, 0.15) is 11.6 Å². The lowest BCUT2D eigenvalue weighted by atomic mass is 10.1. The van der Waals surface area contributed by atoms with Gasteiger partial charge in [-0.3, -0.25) is 4.79 Å². The topological polar surface area (TPSA) is 107 Å². The summed E-state index contributed by atoms with van der Waals surface area (Å²) in [5.74, 6) is 0.812. The van der Waals surface area contributed by atoms with E-state index in [-0.39, 0.29) is 5.57 Å². The first-order valence-electron chi connectivity index (χ1n) is 7.36. The van der Waals surface area contributed by atoms with Gasteiger partial charge < -0.3 is 20.1 Å². The highest BCUT2D eigenvalue weighted by atomic mass is 16.5. The molecule has 0 spiro atoms. The Morgan fingerprint density at radius 2 is 1.96 bits per heavy atom. The predicted molar refractivity (Wildman–Crippen MR) is 88.2 cm³/mol. The van der Waals surface area contributed by atoms with Crippen LogP contribution in [0.1, 0.15) is 12.0 Å². The van der Waals surface area contributed by atoms with Gasteiger partial charge in [-0.15, -0.1) is 0 Å². The molecule has 0 radical (unpaired) electrons. The lowest BCUT2D eigenvalue weighted by molar-refractivity contribution is -0.117. The van der Waals surface area contributed by atoms with Crippen molar-refractivity contribution >= 4 is 5.91 Å². The highest BCUT2D eigenvalue weighted by molar-refractivity contribution is 5.97. The molecule has 0 bridgehead atoms. The fourth-order valence-electron chi connectivity index (χ4n) is 1.90. The summed E-state index contributed by atoms with van der Waals surface area (Å²) < 4.78 is 10.4. The number of ether oxygens (including phenoxy) is 2. The van der Waals surface area contributed by atoms with Gasteiger partial charge in [-0.25, -0.2) is 0 Å². The molecule has 0 unspecified atom stereocenters. The van der Waals surface area contributed by atoms with Gasteiger partial charge in [-0.2, -0.15) is 10.5 Å². The van der Waals surface area contributed by atoms with Crippen LogP contribution in [0.15, 0.2) is 30.0 Å². The second-order valence-electron chi connectivity index (χ2n) is 4.73. The van der Waals surface area contributed by atoms with Crippen molar-refractivity contribution in [2.24, 2.45) is 0 Å². The minimum absolute atomic E-state index is 0.0275. The summed E-state index contributed by atoms with van der Waals surface area (Å²) in [5, 5.41) is 22.8. The third-order valence-corrected chi connectivity index (χ3v) is 3.14. The quantitative estimate of drug-likeness (QED) is 0.402. The molecule has 1 aromatic rings. The lowest BCUT2D eigenvalue weighted by Gasteiger charge is -2.10. The monoisotopic (exact) mass is 328 g/mol. The van der Waals surface area contributed by atoms with E-state index in [9.17, 15) is 4.79 Å². The van der Waals surface area contributed by atoms with Gasteiger partial charge in [0.15, 0.2) is 11.5 Å². The van der Waals surface area contributed by atoms with Gasteiger partial charge in [0, 0.05) is 19.3 Å². The van der Waals surface area contributed by atoms with E-state index < -0.39 is 5.91 Å². The third-order valence-electron chi connectivity index (χ3n) is 3.14. The largest absolute Gasteiger partial charge is 0.493 e. The number of hydrogen-bond acceptors (Lipinski definition) is 6. The molecule has 7 heteroatoms. The van der Waals surface area contributed by atoms with E-state index in [0.29, 0.717) is 37.4 Å². The number of nitrogens with one attached hydrogen (secondary N) is 2. The Kier molecular flexibility index (Phi) is 8.27. The zero-order chi connectivity index (χ0) is 17.8. The molecule has 1 rings (SSSR count). The molecular formula is C17H20N4O3. The van der Waals surface area contributed by atoms with Crippen LogP contribution in [0.2, 0.25) is 0 Å². The van der Waals surface area contributed by atoms with Crippen molar-refractivity contribution in [2.75, 3.05) is 27.3 Å². The number of amides is 1. The fourth-order valence-corrected chi connectivity index (χ4v) is 1.90. The summed E-state index contributed by atoms with van der Waals surface area (Å²) >= 11 is 0. The zero-order valence-electron chi connectivity index (χ0n) is 13.8. The van der Waals surface area contributed by atoms with Crippen LogP contribution in [0.4, 0.5) is 0 Å². The van der Waals surface area contributed by atoms with E-state index in [1.165, 1.54) is 6.20 Å². The van der Waals surface area contributed by atoms with E-state index in [0.717, 1.165) is 5.56 Å². The summed E-state index contributed by atoms with van der Waals surface area (Å²) in [5.41, 5.74) is 0.947. The van der Waals surface area contributed by atoms with Gasteiger partial charge in [0.2, 0.25) is 0 Å². The first-order chi connectivity index (χ1) is 11.7. The van der Waals surface area contributed by atoms with Crippen LogP contribution in [0.25, 0.3) is 0 Å². The Morgan fingerprint density at radius 3 is 2.58 bits per heavy atom. The molecular weight excluding hydrogens is 308 g/mol. The number of carbonyl (C=O) groups excluding carboxylic acids is 1. The Hall–Kier alpha value is -3.19. The highest BCUT2D eigenvalue weighted by Gasteiger charge is 2.09. The van der Waals surface area contributed by atoms with Gasteiger partial charge in [-0.1, -0.05) is 6.07 Å². The normalized spacial score (nSPS) is 10.2. The maximum Gasteiger partial charge on any atom is 0.263 e. The fraction of sp³-hybridized carbons (Fsp3) is 0.353. The van der Waals surface area contributed by atoms with E-state index >= 15 is 0 Å². The molecule has 0 saturated heterocycles. The molecule has 0 atom stereocenters. The molecule has 0 aliphatic rings. The second kappa shape index (κ2) is 10.5. The van der Waals surface area contributed by atoms with Crippen LogP contribution < -0.4 is 20.1 Å². The SMILES string of the molecule is COc1ccc(CCNC(=O)/C(C#N)=C\NCCC#N)cc1OC. The van der Waals surface area contributed by atoms with Crippen LogP contribution in [0.3, 0.4) is 0 Å². The molecule has 0 heterocycles. The molecule has 0 fully saturated rings. The second-order valence-corrected chi connectivity index (χ2v) is 4.73. The minimum atomic E-state index is -0.456. The van der Waals surface area contributed by atoms with Gasteiger partial charge >= 0.3 is 0 Å². The van der Waals surface area contributed by atoms with Crippen LogP contribution in [0.5, 0.6) is 11.5 Å². The average molecular weight is 328 g/mol. The van der Waals surface area contributed by atoms with Crippen molar-refractivity contribution in [1.29, 1.82) is 10.5 Å². The Bertz CT molecular complexity index is 671. The summed E-state index contributed by atoms with van der Waals surface area (Å²) in [4.78, 5) is 11.9. The molecule has 126 valence electrons. The van der Waals surface area contributed by atoms with Gasteiger partial charge in [-0.05, 0) is 24.1 Å². The van der Waals surface area contributed by atoms with Gasteiger partial charge in [0.05, 0.1) is 26.7 Å². The maximum atomic E-state index is 11.9. The van der Waals surface area contributed by atoms with Crippen molar-refractivity contribution in [3.05, 3.63) is 35.5 Å². The number of nitriles is 2. The van der Waals surface area contributed by atoms with E-state index in [1.54, 1.807) is 20.3 Å². The third kappa shape index (κ3) is 5.90. The molecule has 7 nitrogen and oxygen atoms in total. The summed E-state index contributed by atoms with van der Waals surface area (Å²) in [6, 6.07) is 9.32. The van der Waals surface area contributed by atoms with E-state index in [2.05, 4.69) is 10.6 Å². The summed E-state index contributed by atoms with van der Waals surface area (Å²) in [7, 11) is 3.13. The maximum absolute atomic E-state index is 11.9. The average Bonchev–Trinajstić information content (AvgIpc) is 2.61. The van der Waals surface area contributed by atoms with Crippen LogP contribution in [0, 0.1) is 22.7 Å². The Morgan fingerprint density at radius 1 is 1.21 bits per heavy atom. The predicted octanol–water partition coefficient (Wildman–Crippen LogP) is 1.27. The standard InChI is InChI=1S/C17H20N4O3/c1-23-15-5-4-13(10-16(15)24-2)6-9-21-17(22)14(11-19)12-20-8-3-7-18/h4-5,10,12,20H,3,6,8-9H2,1-2H3,(H,21,22)/b14-12-. The molecule has 0 saturated carbocycles. The molecule has 24 heavy (non-hydrogen) atoms. The number of benzene rings is 1.